The summed E-state index contributed by atoms with van der Waals surface area (Å²) >= 11 is 0. The topological polar surface area (TPSA) is 0 Å². The van der Waals surface area contributed by atoms with Crippen LogP contribution in [0.5, 0.6) is 0 Å². The van der Waals surface area contributed by atoms with Gasteiger partial charge in [0.25, 0.3) is 0 Å². The summed E-state index contributed by atoms with van der Waals surface area (Å²) in [6.45, 7) is 0. The minimum Gasteiger partial charge on any atom is -0.0770 e. The summed E-state index contributed by atoms with van der Waals surface area (Å²) in [5, 5.41) is 0. The van der Waals surface area contributed by atoms with Crippen LogP contribution in [0.15, 0.2) is 34.9 Å². The van der Waals surface area contributed by atoms with Crippen LogP contribution in [0.4, 0.5) is 0 Å². The van der Waals surface area contributed by atoms with Crippen LogP contribution in [-0.2, 0) is 0 Å². The zero-order valence-corrected chi connectivity index (χ0v) is 11.4. The van der Waals surface area contributed by atoms with E-state index < -0.39 is 0 Å². The predicted octanol–water partition coefficient (Wildman–Crippen LogP) is 3.29. The summed E-state index contributed by atoms with van der Waals surface area (Å²) in [5.41, 5.74) is 5.44. The second kappa shape index (κ2) is 2.06. The molecule has 0 radical (unpaired) electrons. The second-order valence-corrected chi connectivity index (χ2v) is 9.64. The minimum atomic E-state index is 0.836. The van der Waals surface area contributed by atoms with Gasteiger partial charge in [0.1, 0.15) is 0 Å². The van der Waals surface area contributed by atoms with E-state index in [9.17, 15) is 0 Å². The first-order chi connectivity index (χ1) is 9.93. The van der Waals surface area contributed by atoms with Crippen LogP contribution in [0.1, 0.15) is 6.42 Å². The average Bonchev–Trinajstić information content (AvgIpc) is 2.48. The van der Waals surface area contributed by atoms with E-state index in [0.717, 1.165) is 35.5 Å². The minimum absolute atomic E-state index is 0.836. The lowest BCUT2D eigenvalue weighted by Crippen LogP contribution is -2.86. The maximum Gasteiger partial charge on any atom is 0.00240 e. The van der Waals surface area contributed by atoms with Gasteiger partial charge in [-0.3, -0.25) is 0 Å². The third kappa shape index (κ3) is 0.500. The third-order valence-corrected chi connectivity index (χ3v) is 10.2. The van der Waals surface area contributed by atoms with Gasteiger partial charge in [0.15, 0.2) is 0 Å². The Bertz CT molecular complexity index is 739. The molecule has 13 atom stereocenters. The van der Waals surface area contributed by atoms with Crippen molar-refractivity contribution in [3.8, 4) is 0 Å². The van der Waals surface area contributed by atoms with E-state index in [1.54, 1.807) is 5.57 Å². The van der Waals surface area contributed by atoms with Crippen LogP contribution in [0, 0.1) is 76.9 Å². The van der Waals surface area contributed by atoms with E-state index in [1.165, 1.54) is 47.8 Å². The molecule has 0 saturated heterocycles. The molecular weight excluding hydrogens is 240 g/mol. The summed E-state index contributed by atoms with van der Waals surface area (Å²) in [6, 6.07) is 0. The van der Waals surface area contributed by atoms with Gasteiger partial charge >= 0.3 is 0 Å². The molecule has 0 N–H and O–H groups in total. The number of hydrogen-bond donors (Lipinski definition) is 0. The maximum atomic E-state index is 2.78. The molecule has 0 spiro atoms. The molecule has 8 aliphatic carbocycles. The van der Waals surface area contributed by atoms with Gasteiger partial charge in [-0.15, -0.1) is 0 Å². The van der Waals surface area contributed by atoms with Crippen molar-refractivity contribution in [1.82, 2.24) is 0 Å². The lowest BCUT2D eigenvalue weighted by Gasteiger charge is -2.90. The van der Waals surface area contributed by atoms with E-state index in [0.29, 0.717) is 0 Å². The van der Waals surface area contributed by atoms with Gasteiger partial charge in [-0.25, -0.2) is 0 Å². The van der Waals surface area contributed by atoms with E-state index in [-0.39, 0.29) is 0 Å². The fourth-order valence-corrected chi connectivity index (χ4v) is 9.96. The third-order valence-electron chi connectivity index (χ3n) is 10.2. The molecule has 0 aliphatic heterocycles. The lowest BCUT2D eigenvalue weighted by molar-refractivity contribution is -0.411. The van der Waals surface area contributed by atoms with Gasteiger partial charge < -0.3 is 0 Å². The van der Waals surface area contributed by atoms with Crippen LogP contribution >= 0.6 is 0 Å². The molecule has 0 aromatic rings. The standard InChI is InChI=1S/C20H18/c1-5-2-9-10-4-6(5)3-8-7(1)11-12(8)16-15(11)19-18-14(10)13(9)17(18)20(16)19/h1-3,6,9-20H,4H2. The molecular formula is C20H18. The van der Waals surface area contributed by atoms with Crippen LogP contribution in [-0.4, -0.2) is 0 Å². The highest BCUT2D eigenvalue weighted by atomic mass is 14.9. The van der Waals surface area contributed by atoms with Crippen molar-refractivity contribution in [3.05, 3.63) is 34.9 Å². The molecule has 13 unspecified atom stereocenters. The SMILES string of the molecule is C1=C2C=C3C4=CC2CC2C1C1C2C2C1C1C5C4C3C5C21. The van der Waals surface area contributed by atoms with Crippen molar-refractivity contribution in [1.29, 1.82) is 0 Å². The maximum absolute atomic E-state index is 2.78. The number of rotatable bonds is 0. The summed E-state index contributed by atoms with van der Waals surface area (Å²) in [5.74, 6) is 14.6. The van der Waals surface area contributed by atoms with Crippen molar-refractivity contribution in [3.63, 3.8) is 0 Å². The predicted molar refractivity (Wildman–Crippen MR) is 74.2 cm³/mol. The Kier molecular flexibility index (Phi) is 0.887. The van der Waals surface area contributed by atoms with Gasteiger partial charge in [0.05, 0.1) is 0 Å². The summed E-state index contributed by atoms with van der Waals surface area (Å²) in [4.78, 5) is 0. The first-order valence-electron chi connectivity index (χ1n) is 9.09. The molecule has 6 fully saturated rings. The Balaban J connectivity index is 1.42. The monoisotopic (exact) mass is 258 g/mol. The average molecular weight is 258 g/mol. The van der Waals surface area contributed by atoms with Gasteiger partial charge in [0, 0.05) is 5.92 Å². The van der Waals surface area contributed by atoms with Crippen LogP contribution in [0.25, 0.3) is 0 Å². The molecule has 8 aliphatic rings. The molecule has 0 bridgehead atoms. The van der Waals surface area contributed by atoms with E-state index in [1.807, 2.05) is 11.1 Å². The largest absolute Gasteiger partial charge is 0.0770 e. The summed E-state index contributed by atoms with van der Waals surface area (Å²) in [6.07, 6.45) is 9.75. The van der Waals surface area contributed by atoms with Gasteiger partial charge in [0.2, 0.25) is 0 Å². The molecule has 0 aromatic carbocycles. The zero-order valence-electron chi connectivity index (χ0n) is 11.4. The fourth-order valence-electron chi connectivity index (χ4n) is 9.96. The Morgan fingerprint density at radius 3 is 2.35 bits per heavy atom. The molecule has 0 heteroatoms. The molecule has 8 rings (SSSR count). The van der Waals surface area contributed by atoms with Crippen molar-refractivity contribution >= 4 is 0 Å². The summed E-state index contributed by atoms with van der Waals surface area (Å²) < 4.78 is 0. The normalized spacial score (nSPS) is 79.2. The Labute approximate surface area is 119 Å². The highest BCUT2D eigenvalue weighted by Gasteiger charge is 2.87. The molecule has 0 nitrogen and oxygen atoms in total. The Morgan fingerprint density at radius 1 is 0.700 bits per heavy atom. The first-order valence-corrected chi connectivity index (χ1v) is 9.09. The summed E-state index contributed by atoms with van der Waals surface area (Å²) in [7, 11) is 0. The lowest BCUT2D eigenvalue weighted by atomic mass is 9.14. The van der Waals surface area contributed by atoms with Gasteiger partial charge in [-0.2, -0.15) is 0 Å². The molecule has 0 heterocycles. The van der Waals surface area contributed by atoms with E-state index in [2.05, 4.69) is 18.2 Å². The van der Waals surface area contributed by atoms with Crippen LogP contribution in [0.2, 0.25) is 0 Å². The molecule has 0 amide bonds. The molecule has 0 aromatic heterocycles. The quantitative estimate of drug-likeness (QED) is 0.585. The van der Waals surface area contributed by atoms with Crippen LogP contribution < -0.4 is 0 Å². The Hall–Kier alpha value is -0.780. The van der Waals surface area contributed by atoms with Crippen molar-refractivity contribution < 1.29 is 0 Å². The van der Waals surface area contributed by atoms with Crippen molar-refractivity contribution in [2.75, 3.05) is 0 Å². The second-order valence-electron chi connectivity index (χ2n) is 9.64. The zero-order chi connectivity index (χ0) is 12.1. The highest BCUT2D eigenvalue weighted by molar-refractivity contribution is 5.62. The molecule has 98 valence electrons. The van der Waals surface area contributed by atoms with E-state index >= 15 is 0 Å². The van der Waals surface area contributed by atoms with Crippen molar-refractivity contribution in [2.24, 2.45) is 76.9 Å². The van der Waals surface area contributed by atoms with Crippen LogP contribution in [0.3, 0.4) is 0 Å². The highest BCUT2D eigenvalue weighted by Crippen LogP contribution is 2.91. The fraction of sp³-hybridized carbons (Fsp3) is 0.700. The molecule has 20 heavy (non-hydrogen) atoms. The first kappa shape index (κ1) is 8.61. The number of fused-ring (bicyclic) bond motifs is 20. The number of hydrogen-bond acceptors (Lipinski definition) is 0. The molecule has 6 saturated carbocycles. The van der Waals surface area contributed by atoms with Gasteiger partial charge in [-0.05, 0) is 94.2 Å². The Morgan fingerprint density at radius 2 is 1.45 bits per heavy atom. The number of allylic oxidation sites excluding steroid dienone is 6. The van der Waals surface area contributed by atoms with Crippen molar-refractivity contribution in [2.45, 2.75) is 6.42 Å². The van der Waals surface area contributed by atoms with Gasteiger partial charge in [-0.1, -0.05) is 18.2 Å². The smallest absolute Gasteiger partial charge is 0.00240 e. The van der Waals surface area contributed by atoms with E-state index in [4.69, 9.17) is 0 Å².